The fourth-order valence-corrected chi connectivity index (χ4v) is 3.34. The molecule has 0 bridgehead atoms. The maximum Gasteiger partial charge on any atom is 0.223 e. The van der Waals surface area contributed by atoms with Crippen LogP contribution in [0.5, 0.6) is 0 Å². The number of rotatable bonds is 5. The highest BCUT2D eigenvalue weighted by Crippen LogP contribution is 2.23. The SMILES string of the molecule is CC(C)c1ccc(CCC(=O)N2CCNCC2c2cccnc2)cc1.Cl. The lowest BCUT2D eigenvalue weighted by Crippen LogP contribution is -2.48. The largest absolute Gasteiger partial charge is 0.333 e. The molecule has 0 aliphatic carbocycles. The van der Waals surface area contributed by atoms with Crippen molar-refractivity contribution >= 4 is 18.3 Å². The van der Waals surface area contributed by atoms with Crippen molar-refractivity contribution in [2.24, 2.45) is 0 Å². The van der Waals surface area contributed by atoms with Gasteiger partial charge in [-0.05, 0) is 35.1 Å². The standard InChI is InChI=1S/C21H27N3O.ClH/c1-16(2)18-8-5-17(6-9-18)7-10-21(25)24-13-12-23-15-20(24)19-4-3-11-22-14-19;/h3-6,8-9,11,14,16,20,23H,7,10,12-13,15H2,1-2H3;1H. The van der Waals surface area contributed by atoms with E-state index in [1.807, 2.05) is 17.2 Å². The third kappa shape index (κ3) is 5.05. The number of aryl methyl sites for hydroxylation is 1. The number of benzene rings is 1. The Hall–Kier alpha value is -1.91. The molecule has 2 aromatic rings. The molecule has 1 aliphatic heterocycles. The maximum atomic E-state index is 12.8. The first-order valence-corrected chi connectivity index (χ1v) is 9.14. The van der Waals surface area contributed by atoms with E-state index in [9.17, 15) is 4.79 Å². The summed E-state index contributed by atoms with van der Waals surface area (Å²) in [5, 5.41) is 3.39. The molecule has 2 heterocycles. The molecule has 1 aromatic heterocycles. The molecule has 1 atom stereocenters. The van der Waals surface area contributed by atoms with Crippen LogP contribution >= 0.6 is 12.4 Å². The average Bonchev–Trinajstić information content (AvgIpc) is 2.67. The van der Waals surface area contributed by atoms with Crippen LogP contribution in [0.4, 0.5) is 0 Å². The van der Waals surface area contributed by atoms with Crippen LogP contribution < -0.4 is 5.32 Å². The minimum atomic E-state index is 0. The highest BCUT2D eigenvalue weighted by atomic mass is 35.5. The van der Waals surface area contributed by atoms with Crippen molar-refractivity contribution in [3.8, 4) is 0 Å². The first-order chi connectivity index (χ1) is 12.1. The second-order valence-electron chi connectivity index (χ2n) is 6.99. The van der Waals surface area contributed by atoms with Crippen LogP contribution in [0.1, 0.15) is 48.9 Å². The number of carbonyl (C=O) groups excluding carboxylic acids is 1. The Kier molecular flexibility index (Phi) is 7.61. The van der Waals surface area contributed by atoms with Crippen LogP contribution in [0.15, 0.2) is 48.8 Å². The molecule has 140 valence electrons. The van der Waals surface area contributed by atoms with Crippen molar-refractivity contribution in [3.05, 3.63) is 65.5 Å². The Morgan fingerprint density at radius 3 is 2.69 bits per heavy atom. The molecular formula is C21H28ClN3O. The Morgan fingerprint density at radius 2 is 2.04 bits per heavy atom. The summed E-state index contributed by atoms with van der Waals surface area (Å²) in [5.41, 5.74) is 3.67. The fourth-order valence-electron chi connectivity index (χ4n) is 3.34. The topological polar surface area (TPSA) is 45.2 Å². The Morgan fingerprint density at radius 1 is 1.27 bits per heavy atom. The average molecular weight is 374 g/mol. The predicted octanol–water partition coefficient (Wildman–Crippen LogP) is 3.73. The van der Waals surface area contributed by atoms with Crippen molar-refractivity contribution in [2.45, 2.75) is 38.6 Å². The molecule has 0 spiro atoms. The van der Waals surface area contributed by atoms with E-state index in [0.29, 0.717) is 12.3 Å². The van der Waals surface area contributed by atoms with E-state index in [4.69, 9.17) is 0 Å². The Labute approximate surface area is 162 Å². The third-order valence-corrected chi connectivity index (χ3v) is 4.91. The number of aromatic nitrogens is 1. The number of nitrogens with one attached hydrogen (secondary N) is 1. The molecular weight excluding hydrogens is 346 g/mol. The van der Waals surface area contributed by atoms with Gasteiger partial charge in [0.05, 0.1) is 6.04 Å². The van der Waals surface area contributed by atoms with Crippen molar-refractivity contribution in [1.82, 2.24) is 15.2 Å². The first kappa shape index (κ1) is 20.4. The number of hydrogen-bond acceptors (Lipinski definition) is 3. The van der Waals surface area contributed by atoms with Gasteiger partial charge in [-0.1, -0.05) is 44.2 Å². The smallest absolute Gasteiger partial charge is 0.223 e. The summed E-state index contributed by atoms with van der Waals surface area (Å²) in [4.78, 5) is 19.0. The molecule has 0 radical (unpaired) electrons. The summed E-state index contributed by atoms with van der Waals surface area (Å²) < 4.78 is 0. The monoisotopic (exact) mass is 373 g/mol. The second kappa shape index (κ2) is 9.70. The molecule has 1 amide bonds. The second-order valence-corrected chi connectivity index (χ2v) is 6.99. The normalized spacial score (nSPS) is 17.0. The number of halogens is 1. The summed E-state index contributed by atoms with van der Waals surface area (Å²) in [6.07, 6.45) is 4.98. The van der Waals surface area contributed by atoms with Crippen LogP contribution in [-0.4, -0.2) is 35.4 Å². The fraction of sp³-hybridized carbons (Fsp3) is 0.429. The molecule has 1 N–H and O–H groups in total. The van der Waals surface area contributed by atoms with Crippen LogP contribution in [0, 0.1) is 0 Å². The Bertz CT molecular complexity index is 688. The summed E-state index contributed by atoms with van der Waals surface area (Å²) in [6, 6.07) is 12.7. The van der Waals surface area contributed by atoms with Gasteiger partial charge in [0.2, 0.25) is 5.91 Å². The van der Waals surface area contributed by atoms with Gasteiger partial charge in [0.15, 0.2) is 0 Å². The van der Waals surface area contributed by atoms with Gasteiger partial charge in [-0.3, -0.25) is 9.78 Å². The molecule has 1 saturated heterocycles. The lowest BCUT2D eigenvalue weighted by molar-refractivity contribution is -0.134. The van der Waals surface area contributed by atoms with E-state index in [2.05, 4.69) is 54.5 Å². The molecule has 26 heavy (non-hydrogen) atoms. The summed E-state index contributed by atoms with van der Waals surface area (Å²) in [5.74, 6) is 0.764. The number of amides is 1. The quantitative estimate of drug-likeness (QED) is 0.868. The maximum absolute atomic E-state index is 12.8. The molecule has 1 unspecified atom stereocenters. The van der Waals surface area contributed by atoms with Gasteiger partial charge in [-0.15, -0.1) is 12.4 Å². The van der Waals surface area contributed by atoms with Gasteiger partial charge in [-0.2, -0.15) is 0 Å². The molecule has 4 nitrogen and oxygen atoms in total. The van der Waals surface area contributed by atoms with Gasteiger partial charge in [0.25, 0.3) is 0 Å². The molecule has 1 aliphatic rings. The van der Waals surface area contributed by atoms with Crippen LogP contribution in [0.2, 0.25) is 0 Å². The Balaban J connectivity index is 0.00000243. The summed E-state index contributed by atoms with van der Waals surface area (Å²) in [6.45, 7) is 6.79. The van der Waals surface area contributed by atoms with E-state index in [-0.39, 0.29) is 24.4 Å². The molecule has 3 rings (SSSR count). The van der Waals surface area contributed by atoms with Crippen LogP contribution in [-0.2, 0) is 11.2 Å². The van der Waals surface area contributed by atoms with Crippen LogP contribution in [0.3, 0.4) is 0 Å². The minimum Gasteiger partial charge on any atom is -0.333 e. The van der Waals surface area contributed by atoms with Crippen molar-refractivity contribution in [2.75, 3.05) is 19.6 Å². The summed E-state index contributed by atoms with van der Waals surface area (Å²) in [7, 11) is 0. The predicted molar refractivity (Wildman–Crippen MR) is 108 cm³/mol. The molecule has 5 heteroatoms. The van der Waals surface area contributed by atoms with Gasteiger partial charge < -0.3 is 10.2 Å². The van der Waals surface area contributed by atoms with Crippen molar-refractivity contribution < 1.29 is 4.79 Å². The van der Waals surface area contributed by atoms with Crippen LogP contribution in [0.25, 0.3) is 0 Å². The first-order valence-electron chi connectivity index (χ1n) is 9.14. The minimum absolute atomic E-state index is 0. The molecule has 1 fully saturated rings. The van der Waals surface area contributed by atoms with Gasteiger partial charge in [0, 0.05) is 38.4 Å². The number of pyridine rings is 1. The van der Waals surface area contributed by atoms with Gasteiger partial charge in [-0.25, -0.2) is 0 Å². The zero-order valence-electron chi connectivity index (χ0n) is 15.5. The van der Waals surface area contributed by atoms with Gasteiger partial charge in [0.1, 0.15) is 0 Å². The zero-order chi connectivity index (χ0) is 17.6. The summed E-state index contributed by atoms with van der Waals surface area (Å²) >= 11 is 0. The number of carbonyl (C=O) groups is 1. The number of nitrogens with zero attached hydrogens (tertiary/aromatic N) is 2. The number of hydrogen-bond donors (Lipinski definition) is 1. The van der Waals surface area contributed by atoms with E-state index < -0.39 is 0 Å². The van der Waals surface area contributed by atoms with Crippen molar-refractivity contribution in [3.63, 3.8) is 0 Å². The van der Waals surface area contributed by atoms with E-state index in [1.54, 1.807) is 6.20 Å². The van der Waals surface area contributed by atoms with Gasteiger partial charge >= 0.3 is 0 Å². The lowest BCUT2D eigenvalue weighted by Gasteiger charge is -2.36. The highest BCUT2D eigenvalue weighted by Gasteiger charge is 2.27. The highest BCUT2D eigenvalue weighted by molar-refractivity contribution is 5.85. The molecule has 0 saturated carbocycles. The van der Waals surface area contributed by atoms with E-state index >= 15 is 0 Å². The zero-order valence-corrected chi connectivity index (χ0v) is 16.3. The molecule has 1 aromatic carbocycles. The third-order valence-electron chi connectivity index (χ3n) is 4.91. The lowest BCUT2D eigenvalue weighted by atomic mass is 9.99. The van der Waals surface area contributed by atoms with E-state index in [0.717, 1.165) is 31.6 Å². The van der Waals surface area contributed by atoms with Crippen molar-refractivity contribution in [1.29, 1.82) is 0 Å². The number of piperazine rings is 1. The van der Waals surface area contributed by atoms with E-state index in [1.165, 1.54) is 11.1 Å².